The highest BCUT2D eigenvalue weighted by atomic mass is 16.1. The van der Waals surface area contributed by atoms with Gasteiger partial charge in [0.1, 0.15) is 5.69 Å². The third kappa shape index (κ3) is 2.16. The second-order valence-electron chi connectivity index (χ2n) is 4.25. The van der Waals surface area contributed by atoms with Gasteiger partial charge < -0.3 is 5.73 Å². The van der Waals surface area contributed by atoms with Gasteiger partial charge in [0.25, 0.3) is 5.91 Å². The zero-order valence-electron chi connectivity index (χ0n) is 10.5. The van der Waals surface area contributed by atoms with E-state index < -0.39 is 5.91 Å². The molecule has 100 valence electrons. The van der Waals surface area contributed by atoms with E-state index in [9.17, 15) is 4.79 Å². The van der Waals surface area contributed by atoms with E-state index in [1.807, 2.05) is 36.5 Å². The van der Waals surface area contributed by atoms with Crippen LogP contribution in [0.15, 0.2) is 42.7 Å². The van der Waals surface area contributed by atoms with Crippen molar-refractivity contribution in [2.45, 2.75) is 6.54 Å². The molecule has 7 nitrogen and oxygen atoms in total. The van der Waals surface area contributed by atoms with Crippen molar-refractivity contribution < 1.29 is 4.79 Å². The number of rotatable bonds is 4. The summed E-state index contributed by atoms with van der Waals surface area (Å²) in [7, 11) is 0. The van der Waals surface area contributed by atoms with E-state index in [0.29, 0.717) is 12.2 Å². The van der Waals surface area contributed by atoms with Gasteiger partial charge in [-0.05, 0) is 11.6 Å². The number of H-pyrrole nitrogens is 1. The van der Waals surface area contributed by atoms with Gasteiger partial charge in [0.15, 0.2) is 5.69 Å². The highest BCUT2D eigenvalue weighted by Crippen LogP contribution is 2.24. The number of aromatic nitrogens is 5. The van der Waals surface area contributed by atoms with Gasteiger partial charge in [-0.3, -0.25) is 9.48 Å². The second kappa shape index (κ2) is 4.96. The van der Waals surface area contributed by atoms with Gasteiger partial charge >= 0.3 is 0 Å². The Balaban J connectivity index is 2.05. The number of aromatic amines is 1. The molecular formula is C13H12N6O. The van der Waals surface area contributed by atoms with Crippen molar-refractivity contribution in [3.63, 3.8) is 0 Å². The van der Waals surface area contributed by atoms with E-state index in [1.165, 1.54) is 0 Å². The van der Waals surface area contributed by atoms with E-state index in [-0.39, 0.29) is 5.69 Å². The summed E-state index contributed by atoms with van der Waals surface area (Å²) in [4.78, 5) is 11.4. The first kappa shape index (κ1) is 12.1. The van der Waals surface area contributed by atoms with Gasteiger partial charge in [-0.2, -0.15) is 20.5 Å². The van der Waals surface area contributed by atoms with E-state index in [4.69, 9.17) is 5.73 Å². The minimum absolute atomic E-state index is 0.137. The number of nitrogens with two attached hydrogens (primary N) is 1. The lowest BCUT2D eigenvalue weighted by Gasteiger charge is -2.08. The number of nitrogens with zero attached hydrogens (tertiary/aromatic N) is 4. The first-order valence-electron chi connectivity index (χ1n) is 6.02. The standard InChI is InChI=1S/C13H12N6O/c14-13(20)12-11(16-18-17-12)10-5-2-1-4-9(10)8-19-7-3-6-15-19/h1-7H,8H2,(H2,14,20)(H,16,17,18). The average Bonchev–Trinajstić information content (AvgIpc) is 3.09. The fourth-order valence-electron chi connectivity index (χ4n) is 2.05. The molecule has 3 N–H and O–H groups in total. The smallest absolute Gasteiger partial charge is 0.271 e. The molecule has 3 aromatic rings. The fraction of sp³-hybridized carbons (Fsp3) is 0.0769. The van der Waals surface area contributed by atoms with Crippen LogP contribution in [0.2, 0.25) is 0 Å². The molecule has 0 fully saturated rings. The summed E-state index contributed by atoms with van der Waals surface area (Å²) in [5.74, 6) is -0.609. The van der Waals surface area contributed by atoms with Crippen LogP contribution in [-0.2, 0) is 6.54 Å². The molecular weight excluding hydrogens is 256 g/mol. The molecule has 0 spiro atoms. The largest absolute Gasteiger partial charge is 0.364 e. The summed E-state index contributed by atoms with van der Waals surface area (Å²) in [5, 5.41) is 14.4. The Morgan fingerprint density at radius 1 is 1.25 bits per heavy atom. The molecule has 1 aromatic carbocycles. The highest BCUT2D eigenvalue weighted by molar-refractivity contribution is 5.97. The summed E-state index contributed by atoms with van der Waals surface area (Å²) in [6.07, 6.45) is 3.59. The van der Waals surface area contributed by atoms with Crippen molar-refractivity contribution in [2.75, 3.05) is 0 Å². The molecule has 2 heterocycles. The van der Waals surface area contributed by atoms with Crippen molar-refractivity contribution in [2.24, 2.45) is 5.73 Å². The van der Waals surface area contributed by atoms with Crippen LogP contribution in [0, 0.1) is 0 Å². The summed E-state index contributed by atoms with van der Waals surface area (Å²) >= 11 is 0. The minimum atomic E-state index is -0.609. The van der Waals surface area contributed by atoms with Crippen LogP contribution in [0.5, 0.6) is 0 Å². The van der Waals surface area contributed by atoms with E-state index in [2.05, 4.69) is 20.5 Å². The Bertz CT molecular complexity index is 731. The number of amides is 1. The Morgan fingerprint density at radius 3 is 2.85 bits per heavy atom. The third-order valence-corrected chi connectivity index (χ3v) is 2.95. The van der Waals surface area contributed by atoms with Crippen molar-refractivity contribution in [3.8, 4) is 11.3 Å². The highest BCUT2D eigenvalue weighted by Gasteiger charge is 2.17. The molecule has 0 unspecified atom stereocenters. The normalized spacial score (nSPS) is 10.6. The lowest BCUT2D eigenvalue weighted by Crippen LogP contribution is -2.13. The number of carbonyl (C=O) groups excluding carboxylic acids is 1. The number of carbonyl (C=O) groups is 1. The molecule has 0 atom stereocenters. The predicted molar refractivity (Wildman–Crippen MR) is 71.7 cm³/mol. The zero-order valence-corrected chi connectivity index (χ0v) is 10.5. The molecule has 20 heavy (non-hydrogen) atoms. The zero-order chi connectivity index (χ0) is 13.9. The maximum absolute atomic E-state index is 11.4. The molecule has 0 saturated heterocycles. The second-order valence-corrected chi connectivity index (χ2v) is 4.25. The van der Waals surface area contributed by atoms with Crippen molar-refractivity contribution in [1.29, 1.82) is 0 Å². The molecule has 2 aromatic heterocycles. The maximum atomic E-state index is 11.4. The van der Waals surface area contributed by atoms with Gasteiger partial charge in [0.05, 0.1) is 6.54 Å². The molecule has 0 aliphatic rings. The van der Waals surface area contributed by atoms with E-state index in [0.717, 1.165) is 11.1 Å². The van der Waals surface area contributed by atoms with Crippen molar-refractivity contribution in [3.05, 3.63) is 54.0 Å². The molecule has 7 heteroatoms. The van der Waals surface area contributed by atoms with Crippen LogP contribution in [0.25, 0.3) is 11.3 Å². The van der Waals surface area contributed by atoms with E-state index in [1.54, 1.807) is 10.9 Å². The minimum Gasteiger partial charge on any atom is -0.364 e. The van der Waals surface area contributed by atoms with Crippen LogP contribution in [0.1, 0.15) is 16.1 Å². The molecule has 0 aliphatic heterocycles. The average molecular weight is 268 g/mol. The monoisotopic (exact) mass is 268 g/mol. The van der Waals surface area contributed by atoms with Gasteiger partial charge in [0, 0.05) is 18.0 Å². The van der Waals surface area contributed by atoms with Gasteiger partial charge in [-0.15, -0.1) is 0 Å². The Morgan fingerprint density at radius 2 is 2.10 bits per heavy atom. The van der Waals surface area contributed by atoms with Gasteiger partial charge in [-0.1, -0.05) is 24.3 Å². The maximum Gasteiger partial charge on any atom is 0.271 e. The van der Waals surface area contributed by atoms with Crippen LogP contribution < -0.4 is 5.73 Å². The topological polar surface area (TPSA) is 102 Å². The van der Waals surface area contributed by atoms with Crippen molar-refractivity contribution >= 4 is 5.91 Å². The summed E-state index contributed by atoms with van der Waals surface area (Å²) < 4.78 is 1.79. The number of hydrogen-bond acceptors (Lipinski definition) is 4. The number of hydrogen-bond donors (Lipinski definition) is 2. The first-order chi connectivity index (χ1) is 9.75. The number of nitrogens with one attached hydrogen (secondary N) is 1. The van der Waals surface area contributed by atoms with Crippen LogP contribution >= 0.6 is 0 Å². The van der Waals surface area contributed by atoms with E-state index >= 15 is 0 Å². The van der Waals surface area contributed by atoms with Gasteiger partial charge in [-0.25, -0.2) is 0 Å². The van der Waals surface area contributed by atoms with Crippen LogP contribution in [0.3, 0.4) is 0 Å². The summed E-state index contributed by atoms with van der Waals surface area (Å²) in [5.41, 5.74) is 7.69. The number of benzene rings is 1. The Labute approximate surface area is 114 Å². The molecule has 0 radical (unpaired) electrons. The quantitative estimate of drug-likeness (QED) is 0.731. The van der Waals surface area contributed by atoms with Crippen molar-refractivity contribution in [1.82, 2.24) is 25.2 Å². The predicted octanol–water partition coefficient (Wildman–Crippen LogP) is 0.815. The lowest BCUT2D eigenvalue weighted by atomic mass is 10.0. The fourth-order valence-corrected chi connectivity index (χ4v) is 2.05. The molecule has 1 amide bonds. The van der Waals surface area contributed by atoms with Crippen LogP contribution in [0.4, 0.5) is 0 Å². The molecule has 0 aliphatic carbocycles. The summed E-state index contributed by atoms with van der Waals surface area (Å²) in [6.45, 7) is 0.578. The third-order valence-electron chi connectivity index (χ3n) is 2.95. The summed E-state index contributed by atoms with van der Waals surface area (Å²) in [6, 6.07) is 9.49. The Kier molecular flexibility index (Phi) is 3.00. The SMILES string of the molecule is NC(=O)c1n[nH]nc1-c1ccccc1Cn1cccn1. The molecule has 0 saturated carbocycles. The molecule has 0 bridgehead atoms. The number of primary amides is 1. The van der Waals surface area contributed by atoms with Crippen LogP contribution in [-0.4, -0.2) is 31.1 Å². The lowest BCUT2D eigenvalue weighted by molar-refractivity contribution is 0.0996. The Hall–Kier alpha value is -2.96. The molecule has 3 rings (SSSR count). The first-order valence-corrected chi connectivity index (χ1v) is 6.02. The van der Waals surface area contributed by atoms with Gasteiger partial charge in [0.2, 0.25) is 0 Å².